The molecule has 1 heterocycles. The molecule has 2 aromatic rings. The molecular formula is C16H15N3S. The van der Waals surface area contributed by atoms with E-state index in [1.807, 2.05) is 54.8 Å². The lowest BCUT2D eigenvalue weighted by Gasteiger charge is -2.06. The zero-order valence-electron chi connectivity index (χ0n) is 11.2. The molecule has 0 fully saturated rings. The summed E-state index contributed by atoms with van der Waals surface area (Å²) < 4.78 is 0. The third kappa shape index (κ3) is 2.60. The van der Waals surface area contributed by atoms with Crippen LogP contribution in [-0.2, 0) is 0 Å². The first-order valence-corrected chi connectivity index (χ1v) is 7.63. The van der Waals surface area contributed by atoms with Crippen molar-refractivity contribution in [2.24, 2.45) is 9.98 Å². The van der Waals surface area contributed by atoms with Crippen LogP contribution in [0.15, 0.2) is 58.5 Å². The van der Waals surface area contributed by atoms with Crippen molar-refractivity contribution in [3.05, 3.63) is 54.1 Å². The topological polar surface area (TPSA) is 50.7 Å². The molecule has 0 amide bonds. The standard InChI is InChI=1S/C16H15N3S/c1-20-16-10-15(11-6-8-12(17)9-7-11)18-13-4-2-3-5-14(13)19-16/h2-9H,10,17H2,1H3. The van der Waals surface area contributed by atoms with Crippen LogP contribution in [0.5, 0.6) is 0 Å². The lowest BCUT2D eigenvalue weighted by molar-refractivity contribution is 1.45. The van der Waals surface area contributed by atoms with Gasteiger partial charge in [-0.2, -0.15) is 0 Å². The van der Waals surface area contributed by atoms with Gasteiger partial charge in [-0.15, -0.1) is 11.8 Å². The normalized spacial score (nSPS) is 14.1. The van der Waals surface area contributed by atoms with Gasteiger partial charge in [0.2, 0.25) is 0 Å². The van der Waals surface area contributed by atoms with E-state index in [9.17, 15) is 0 Å². The predicted molar refractivity (Wildman–Crippen MR) is 88.7 cm³/mol. The van der Waals surface area contributed by atoms with Crippen LogP contribution in [0.25, 0.3) is 0 Å². The number of rotatable bonds is 1. The fraction of sp³-hybridized carbons (Fsp3) is 0.125. The maximum Gasteiger partial charge on any atom is 0.0896 e. The number of para-hydroxylation sites is 2. The molecule has 3 nitrogen and oxygen atoms in total. The molecule has 4 heteroatoms. The van der Waals surface area contributed by atoms with Gasteiger partial charge in [0, 0.05) is 12.1 Å². The molecule has 0 unspecified atom stereocenters. The van der Waals surface area contributed by atoms with Gasteiger partial charge in [-0.1, -0.05) is 24.3 Å². The molecular weight excluding hydrogens is 266 g/mol. The van der Waals surface area contributed by atoms with Gasteiger partial charge in [0.05, 0.1) is 22.1 Å². The Labute approximate surface area is 122 Å². The van der Waals surface area contributed by atoms with Gasteiger partial charge >= 0.3 is 0 Å². The Morgan fingerprint density at radius 3 is 2.25 bits per heavy atom. The third-order valence-electron chi connectivity index (χ3n) is 3.18. The molecule has 3 rings (SSSR count). The molecule has 2 aromatic carbocycles. The fourth-order valence-corrected chi connectivity index (χ4v) is 2.59. The Kier molecular flexibility index (Phi) is 3.56. The molecule has 0 spiro atoms. The van der Waals surface area contributed by atoms with Crippen LogP contribution in [0.2, 0.25) is 0 Å². The Balaban J connectivity index is 2.10. The van der Waals surface area contributed by atoms with Gasteiger partial charge in [0.25, 0.3) is 0 Å². The number of nitrogens with zero attached hydrogens (tertiary/aromatic N) is 2. The summed E-state index contributed by atoms with van der Waals surface area (Å²) in [4.78, 5) is 9.48. The SMILES string of the molecule is CSC1=Nc2ccccc2N=C(c2ccc(N)cc2)C1. The molecule has 0 aromatic heterocycles. The van der Waals surface area contributed by atoms with Crippen LogP contribution in [0, 0.1) is 0 Å². The molecule has 20 heavy (non-hydrogen) atoms. The Morgan fingerprint density at radius 1 is 0.950 bits per heavy atom. The second-order valence-electron chi connectivity index (χ2n) is 4.56. The van der Waals surface area contributed by atoms with Crippen molar-refractivity contribution < 1.29 is 0 Å². The lowest BCUT2D eigenvalue weighted by atomic mass is 10.1. The number of thioether (sulfide) groups is 1. The van der Waals surface area contributed by atoms with Crippen LogP contribution in [0.3, 0.4) is 0 Å². The van der Waals surface area contributed by atoms with Gasteiger partial charge in [-0.05, 0) is 36.1 Å². The highest BCUT2D eigenvalue weighted by atomic mass is 32.2. The maximum atomic E-state index is 5.75. The Bertz CT molecular complexity index is 687. The molecule has 2 N–H and O–H groups in total. The quantitative estimate of drug-likeness (QED) is 0.797. The van der Waals surface area contributed by atoms with Gasteiger partial charge in [0.15, 0.2) is 0 Å². The molecule has 0 radical (unpaired) electrons. The number of anilines is 1. The van der Waals surface area contributed by atoms with Crippen molar-refractivity contribution in [2.45, 2.75) is 6.42 Å². The van der Waals surface area contributed by atoms with Crippen LogP contribution in [0.4, 0.5) is 17.1 Å². The minimum absolute atomic E-state index is 0.750. The minimum atomic E-state index is 0.750. The van der Waals surface area contributed by atoms with E-state index in [1.54, 1.807) is 11.8 Å². The summed E-state index contributed by atoms with van der Waals surface area (Å²) in [6, 6.07) is 15.8. The zero-order valence-corrected chi connectivity index (χ0v) is 12.0. The molecule has 0 saturated carbocycles. The number of fused-ring (bicyclic) bond motifs is 1. The summed E-state index contributed by atoms with van der Waals surface area (Å²) in [6.45, 7) is 0. The average Bonchev–Trinajstić information content (AvgIpc) is 2.67. The summed E-state index contributed by atoms with van der Waals surface area (Å²) >= 11 is 1.67. The van der Waals surface area contributed by atoms with Crippen molar-refractivity contribution in [1.82, 2.24) is 0 Å². The zero-order chi connectivity index (χ0) is 13.9. The van der Waals surface area contributed by atoms with Crippen molar-refractivity contribution in [3.8, 4) is 0 Å². The fourth-order valence-electron chi connectivity index (χ4n) is 2.12. The van der Waals surface area contributed by atoms with Gasteiger partial charge in [-0.3, -0.25) is 4.99 Å². The van der Waals surface area contributed by atoms with Gasteiger partial charge < -0.3 is 5.73 Å². The smallest absolute Gasteiger partial charge is 0.0896 e. The van der Waals surface area contributed by atoms with Gasteiger partial charge in [0.1, 0.15) is 0 Å². The molecule has 1 aliphatic rings. The highest BCUT2D eigenvalue weighted by molar-refractivity contribution is 8.13. The summed E-state index contributed by atoms with van der Waals surface area (Å²) in [7, 11) is 0. The summed E-state index contributed by atoms with van der Waals surface area (Å²) in [5.74, 6) is 0. The van der Waals surface area contributed by atoms with Crippen LogP contribution in [0.1, 0.15) is 12.0 Å². The molecule has 1 aliphatic heterocycles. The van der Waals surface area contributed by atoms with Crippen molar-refractivity contribution in [3.63, 3.8) is 0 Å². The first kappa shape index (κ1) is 12.9. The average molecular weight is 281 g/mol. The van der Waals surface area contributed by atoms with E-state index in [2.05, 4.69) is 0 Å². The Morgan fingerprint density at radius 2 is 1.60 bits per heavy atom. The monoisotopic (exact) mass is 281 g/mol. The van der Waals surface area contributed by atoms with Crippen LogP contribution < -0.4 is 5.73 Å². The van der Waals surface area contributed by atoms with E-state index in [0.717, 1.165) is 39.8 Å². The number of nitrogens with two attached hydrogens (primary N) is 1. The highest BCUT2D eigenvalue weighted by Gasteiger charge is 2.14. The number of aliphatic imine (C=N–C) groups is 2. The number of hydrogen-bond donors (Lipinski definition) is 1. The van der Waals surface area contributed by atoms with E-state index in [0.29, 0.717) is 0 Å². The van der Waals surface area contributed by atoms with E-state index in [-0.39, 0.29) is 0 Å². The van der Waals surface area contributed by atoms with Crippen LogP contribution >= 0.6 is 11.8 Å². The molecule has 0 saturated heterocycles. The maximum absolute atomic E-state index is 5.75. The number of benzene rings is 2. The van der Waals surface area contributed by atoms with E-state index < -0.39 is 0 Å². The molecule has 0 aliphatic carbocycles. The minimum Gasteiger partial charge on any atom is -0.399 e. The molecule has 100 valence electrons. The van der Waals surface area contributed by atoms with Gasteiger partial charge in [-0.25, -0.2) is 4.99 Å². The number of hydrogen-bond acceptors (Lipinski definition) is 4. The highest BCUT2D eigenvalue weighted by Crippen LogP contribution is 2.32. The van der Waals surface area contributed by atoms with Crippen molar-refractivity contribution in [1.29, 1.82) is 0 Å². The lowest BCUT2D eigenvalue weighted by Crippen LogP contribution is -2.05. The number of nitrogen functional groups attached to an aromatic ring is 1. The largest absolute Gasteiger partial charge is 0.399 e. The summed E-state index contributed by atoms with van der Waals surface area (Å²) in [5.41, 5.74) is 10.5. The van der Waals surface area contributed by atoms with E-state index in [1.165, 1.54) is 0 Å². The molecule has 0 atom stereocenters. The van der Waals surface area contributed by atoms with Crippen molar-refractivity contribution >= 4 is 39.6 Å². The first-order valence-electron chi connectivity index (χ1n) is 6.40. The molecule has 0 bridgehead atoms. The van der Waals surface area contributed by atoms with E-state index in [4.69, 9.17) is 15.7 Å². The van der Waals surface area contributed by atoms with Crippen molar-refractivity contribution in [2.75, 3.05) is 12.0 Å². The third-order valence-corrected chi connectivity index (χ3v) is 3.89. The predicted octanol–water partition coefficient (Wildman–Crippen LogP) is 4.19. The Hall–Kier alpha value is -2.07. The van der Waals surface area contributed by atoms with E-state index >= 15 is 0 Å². The van der Waals surface area contributed by atoms with Crippen LogP contribution in [-0.4, -0.2) is 17.0 Å². The summed E-state index contributed by atoms with van der Waals surface area (Å²) in [6.07, 6.45) is 2.80. The second kappa shape index (κ2) is 5.51. The second-order valence-corrected chi connectivity index (χ2v) is 5.44. The summed E-state index contributed by atoms with van der Waals surface area (Å²) in [5, 5.41) is 1.07. The first-order chi connectivity index (χ1) is 9.76.